The van der Waals surface area contributed by atoms with E-state index in [9.17, 15) is 19.5 Å². The van der Waals surface area contributed by atoms with Crippen LogP contribution in [-0.2, 0) is 19.2 Å². The van der Waals surface area contributed by atoms with Crippen molar-refractivity contribution >= 4 is 30.4 Å². The minimum Gasteiger partial charge on any atom is -0.370 e. The summed E-state index contributed by atoms with van der Waals surface area (Å²) in [5.41, 5.74) is 0. The van der Waals surface area contributed by atoms with Gasteiger partial charge in [-0.25, -0.2) is 4.79 Å². The maximum Gasteiger partial charge on any atom is 0.332 e. The molecular formula is C13H22N2O5S. The first kappa shape index (κ1) is 17.8. The molecule has 8 heteroatoms. The van der Waals surface area contributed by atoms with E-state index in [2.05, 4.69) is 17.9 Å². The molecule has 1 aliphatic rings. The van der Waals surface area contributed by atoms with E-state index in [-0.39, 0.29) is 31.1 Å². The molecule has 1 atom stereocenters. The van der Waals surface area contributed by atoms with E-state index in [1.807, 2.05) is 0 Å². The van der Waals surface area contributed by atoms with Crippen LogP contribution in [-0.4, -0.2) is 46.5 Å². The van der Waals surface area contributed by atoms with Crippen LogP contribution >= 0.6 is 12.6 Å². The van der Waals surface area contributed by atoms with Gasteiger partial charge in [0, 0.05) is 32.2 Å². The fraction of sp³-hybridized carbons (Fsp3) is 0.769. The number of rotatable bonds is 9. The summed E-state index contributed by atoms with van der Waals surface area (Å²) in [4.78, 5) is 38.8. The molecule has 7 nitrogen and oxygen atoms in total. The molecule has 1 heterocycles. The zero-order valence-corrected chi connectivity index (χ0v) is 12.8. The zero-order valence-electron chi connectivity index (χ0n) is 11.9. The standard InChI is InChI=1S/C13H22N2O5S/c16-10(7-9-21)14-8-3-1-2-4-13(19)20-15-11(17)5-6-12(15)18/h11,17,21H,1-9H2,(H,14,16). The predicted octanol–water partition coefficient (Wildman–Crippen LogP) is 0.382. The van der Waals surface area contributed by atoms with Crippen LogP contribution in [0.15, 0.2) is 0 Å². The molecule has 0 aromatic rings. The number of aliphatic hydroxyl groups is 1. The molecule has 0 saturated carbocycles. The highest BCUT2D eigenvalue weighted by molar-refractivity contribution is 7.80. The van der Waals surface area contributed by atoms with Crippen molar-refractivity contribution in [3.05, 3.63) is 0 Å². The molecule has 1 rings (SSSR count). The summed E-state index contributed by atoms with van der Waals surface area (Å²) in [6.07, 6.45) is 2.20. The number of nitrogens with zero attached hydrogens (tertiary/aromatic N) is 1. The number of nitrogens with one attached hydrogen (secondary N) is 1. The van der Waals surface area contributed by atoms with Crippen LogP contribution in [0.1, 0.15) is 44.9 Å². The van der Waals surface area contributed by atoms with Gasteiger partial charge in [-0.05, 0) is 18.6 Å². The second kappa shape index (κ2) is 9.62. The van der Waals surface area contributed by atoms with Gasteiger partial charge in [-0.2, -0.15) is 12.6 Å². The fourth-order valence-electron chi connectivity index (χ4n) is 1.90. The number of hydrogen-bond donors (Lipinski definition) is 3. The van der Waals surface area contributed by atoms with E-state index in [0.717, 1.165) is 17.9 Å². The monoisotopic (exact) mass is 318 g/mol. The lowest BCUT2D eigenvalue weighted by atomic mass is 10.2. The third kappa shape index (κ3) is 6.81. The molecule has 1 fully saturated rings. The van der Waals surface area contributed by atoms with Crippen molar-refractivity contribution in [2.45, 2.75) is 51.2 Å². The highest BCUT2D eigenvalue weighted by Gasteiger charge is 2.32. The molecule has 0 bridgehead atoms. The Morgan fingerprint density at radius 2 is 2.10 bits per heavy atom. The predicted molar refractivity (Wildman–Crippen MR) is 78.1 cm³/mol. The summed E-state index contributed by atoms with van der Waals surface area (Å²) in [7, 11) is 0. The Balaban J connectivity index is 2.03. The maximum absolute atomic E-state index is 11.5. The summed E-state index contributed by atoms with van der Waals surface area (Å²) in [6, 6.07) is 0. The Morgan fingerprint density at radius 1 is 1.33 bits per heavy atom. The molecule has 0 spiro atoms. The number of thiol groups is 1. The minimum absolute atomic E-state index is 0.0223. The zero-order chi connectivity index (χ0) is 15.7. The van der Waals surface area contributed by atoms with Gasteiger partial charge in [-0.15, -0.1) is 5.06 Å². The Labute approximate surface area is 129 Å². The highest BCUT2D eigenvalue weighted by atomic mass is 32.1. The van der Waals surface area contributed by atoms with E-state index in [0.29, 0.717) is 25.1 Å². The molecule has 1 saturated heterocycles. The molecular weight excluding hydrogens is 296 g/mol. The number of amides is 2. The molecule has 21 heavy (non-hydrogen) atoms. The van der Waals surface area contributed by atoms with Crippen LogP contribution in [0, 0.1) is 0 Å². The van der Waals surface area contributed by atoms with Crippen LogP contribution in [0.5, 0.6) is 0 Å². The van der Waals surface area contributed by atoms with E-state index < -0.39 is 12.2 Å². The lowest BCUT2D eigenvalue weighted by Gasteiger charge is -2.18. The number of carbonyl (C=O) groups is 3. The molecule has 0 aromatic carbocycles. The van der Waals surface area contributed by atoms with E-state index in [4.69, 9.17) is 4.84 Å². The van der Waals surface area contributed by atoms with Gasteiger partial charge in [0.1, 0.15) is 0 Å². The minimum atomic E-state index is -1.02. The largest absolute Gasteiger partial charge is 0.370 e. The molecule has 0 aromatic heterocycles. The number of unbranched alkanes of at least 4 members (excludes halogenated alkanes) is 2. The second-order valence-electron chi connectivity index (χ2n) is 4.84. The van der Waals surface area contributed by atoms with Crippen molar-refractivity contribution in [1.29, 1.82) is 0 Å². The first-order valence-corrected chi connectivity index (χ1v) is 7.76. The number of hydroxylamine groups is 2. The van der Waals surface area contributed by atoms with Gasteiger partial charge < -0.3 is 15.3 Å². The van der Waals surface area contributed by atoms with Crippen molar-refractivity contribution < 1.29 is 24.3 Å². The number of aliphatic hydroxyl groups excluding tert-OH is 1. The van der Waals surface area contributed by atoms with Gasteiger partial charge in [-0.1, -0.05) is 6.42 Å². The lowest BCUT2D eigenvalue weighted by Crippen LogP contribution is -2.35. The van der Waals surface area contributed by atoms with Crippen LogP contribution in [0.3, 0.4) is 0 Å². The highest BCUT2D eigenvalue weighted by Crippen LogP contribution is 2.17. The lowest BCUT2D eigenvalue weighted by molar-refractivity contribution is -0.220. The van der Waals surface area contributed by atoms with E-state index >= 15 is 0 Å². The average Bonchev–Trinajstić information content (AvgIpc) is 2.75. The fourth-order valence-corrected chi connectivity index (χ4v) is 2.11. The summed E-state index contributed by atoms with van der Waals surface area (Å²) < 4.78 is 0. The molecule has 2 N–H and O–H groups in total. The Bertz CT molecular complexity index is 378. The normalized spacial score (nSPS) is 17.9. The van der Waals surface area contributed by atoms with E-state index in [1.165, 1.54) is 0 Å². The second-order valence-corrected chi connectivity index (χ2v) is 5.28. The Hall–Kier alpha value is -1.28. The third-order valence-corrected chi connectivity index (χ3v) is 3.28. The summed E-state index contributed by atoms with van der Waals surface area (Å²) in [5, 5.41) is 12.9. The Morgan fingerprint density at radius 3 is 2.71 bits per heavy atom. The SMILES string of the molecule is O=C(CCS)NCCCCCC(=O)ON1C(=O)CCC1O. The third-order valence-electron chi connectivity index (χ3n) is 3.05. The Kier molecular flexibility index (Phi) is 8.14. The van der Waals surface area contributed by atoms with Crippen molar-refractivity contribution in [2.24, 2.45) is 0 Å². The van der Waals surface area contributed by atoms with Crippen LogP contribution in [0.2, 0.25) is 0 Å². The maximum atomic E-state index is 11.5. The average molecular weight is 318 g/mol. The number of hydrogen-bond acceptors (Lipinski definition) is 6. The van der Waals surface area contributed by atoms with Crippen molar-refractivity contribution in [3.63, 3.8) is 0 Å². The molecule has 1 unspecified atom stereocenters. The van der Waals surface area contributed by atoms with Crippen LogP contribution in [0.4, 0.5) is 0 Å². The molecule has 0 radical (unpaired) electrons. The summed E-state index contributed by atoms with van der Waals surface area (Å²) in [6.45, 7) is 0.574. The smallest absolute Gasteiger partial charge is 0.332 e. The van der Waals surface area contributed by atoms with Gasteiger partial charge >= 0.3 is 5.97 Å². The number of carbonyl (C=O) groups excluding carboxylic acids is 3. The van der Waals surface area contributed by atoms with Gasteiger partial charge in [0.25, 0.3) is 5.91 Å². The van der Waals surface area contributed by atoms with E-state index in [1.54, 1.807) is 0 Å². The van der Waals surface area contributed by atoms with Crippen molar-refractivity contribution in [1.82, 2.24) is 10.4 Å². The molecule has 2 amide bonds. The molecule has 120 valence electrons. The first-order valence-electron chi connectivity index (χ1n) is 7.13. The first-order chi connectivity index (χ1) is 10.0. The quantitative estimate of drug-likeness (QED) is 0.422. The van der Waals surface area contributed by atoms with Crippen molar-refractivity contribution in [3.8, 4) is 0 Å². The molecule has 0 aliphatic carbocycles. The molecule has 1 aliphatic heterocycles. The summed E-state index contributed by atoms with van der Waals surface area (Å²) >= 11 is 3.96. The van der Waals surface area contributed by atoms with Gasteiger partial charge in [0.2, 0.25) is 5.91 Å². The van der Waals surface area contributed by atoms with Crippen molar-refractivity contribution in [2.75, 3.05) is 12.3 Å². The summed E-state index contributed by atoms with van der Waals surface area (Å²) in [5.74, 6) is -0.393. The van der Waals surface area contributed by atoms with Gasteiger partial charge in [0.15, 0.2) is 6.23 Å². The topological polar surface area (TPSA) is 95.9 Å². The van der Waals surface area contributed by atoms with Gasteiger partial charge in [0.05, 0.1) is 0 Å². The van der Waals surface area contributed by atoms with Gasteiger partial charge in [-0.3, -0.25) is 9.59 Å². The van der Waals surface area contributed by atoms with Crippen LogP contribution in [0.25, 0.3) is 0 Å². The van der Waals surface area contributed by atoms with Crippen LogP contribution < -0.4 is 5.32 Å².